The second-order valence-electron chi connectivity index (χ2n) is 6.32. The van der Waals surface area contributed by atoms with Gasteiger partial charge in [0.05, 0.1) is 11.6 Å². The summed E-state index contributed by atoms with van der Waals surface area (Å²) < 4.78 is 5.43. The van der Waals surface area contributed by atoms with Gasteiger partial charge in [0.15, 0.2) is 0 Å². The third-order valence-corrected chi connectivity index (χ3v) is 4.56. The highest BCUT2D eigenvalue weighted by atomic mass is 35.5. The van der Waals surface area contributed by atoms with E-state index in [1.165, 1.54) is 0 Å². The zero-order valence-corrected chi connectivity index (χ0v) is 15.7. The summed E-state index contributed by atoms with van der Waals surface area (Å²) in [5.74, 6) is 0.787. The minimum Gasteiger partial charge on any atom is -0.361 e. The second kappa shape index (κ2) is 7.25. The Balaban J connectivity index is 1.52. The summed E-state index contributed by atoms with van der Waals surface area (Å²) in [5, 5.41) is 6.80. The van der Waals surface area contributed by atoms with E-state index in [4.69, 9.17) is 16.1 Å². The molecule has 136 valence electrons. The van der Waals surface area contributed by atoms with Gasteiger partial charge in [-0.2, -0.15) is 0 Å². The molecular formula is C20H18ClN5O. The Morgan fingerprint density at radius 2 is 2.04 bits per heavy atom. The van der Waals surface area contributed by atoms with Gasteiger partial charge in [0.1, 0.15) is 11.5 Å². The highest BCUT2D eigenvalue weighted by Gasteiger charge is 2.18. The summed E-state index contributed by atoms with van der Waals surface area (Å²) in [4.78, 5) is 8.48. The Morgan fingerprint density at radius 3 is 2.74 bits per heavy atom. The molecule has 0 saturated heterocycles. The van der Waals surface area contributed by atoms with Crippen LogP contribution >= 0.6 is 11.6 Å². The van der Waals surface area contributed by atoms with Crippen LogP contribution in [0.4, 0.5) is 0 Å². The van der Waals surface area contributed by atoms with Crippen LogP contribution in [-0.4, -0.2) is 20.1 Å². The highest BCUT2D eigenvalue weighted by Crippen LogP contribution is 2.27. The van der Waals surface area contributed by atoms with E-state index in [9.17, 15) is 0 Å². The average molecular weight is 380 g/mol. The van der Waals surface area contributed by atoms with E-state index in [-0.39, 0.29) is 0 Å². The minimum atomic E-state index is 0.604. The number of hydrogen-bond acceptors (Lipinski definition) is 6. The van der Waals surface area contributed by atoms with Gasteiger partial charge in [-0.05, 0) is 38.1 Å². The molecular weight excluding hydrogens is 362 g/mol. The maximum absolute atomic E-state index is 6.02. The summed E-state index contributed by atoms with van der Waals surface area (Å²) in [6.45, 7) is 4.48. The van der Waals surface area contributed by atoms with Gasteiger partial charge in [-0.1, -0.05) is 16.8 Å². The molecule has 0 saturated carbocycles. The third kappa shape index (κ3) is 3.71. The third-order valence-electron chi connectivity index (χ3n) is 4.36. The van der Waals surface area contributed by atoms with Crippen molar-refractivity contribution in [3.63, 3.8) is 0 Å². The van der Waals surface area contributed by atoms with Gasteiger partial charge in [0.25, 0.3) is 0 Å². The van der Waals surface area contributed by atoms with Crippen LogP contribution in [0, 0.1) is 13.8 Å². The van der Waals surface area contributed by atoms with E-state index in [1.54, 1.807) is 12.4 Å². The van der Waals surface area contributed by atoms with Crippen molar-refractivity contribution < 1.29 is 4.52 Å². The Bertz CT molecular complexity index is 1020. The molecule has 0 bridgehead atoms. The van der Waals surface area contributed by atoms with Crippen LogP contribution in [0.25, 0.3) is 16.8 Å². The summed E-state index contributed by atoms with van der Waals surface area (Å²) >= 11 is 6.02. The molecule has 1 aliphatic heterocycles. The number of hydrazine groups is 1. The maximum Gasteiger partial charge on any atom is 0.139 e. The van der Waals surface area contributed by atoms with Crippen molar-refractivity contribution in [1.82, 2.24) is 25.6 Å². The van der Waals surface area contributed by atoms with E-state index in [0.717, 1.165) is 39.4 Å². The van der Waals surface area contributed by atoms with Crippen molar-refractivity contribution >= 4 is 17.2 Å². The summed E-state index contributed by atoms with van der Waals surface area (Å²) in [6, 6.07) is 5.86. The number of aromatic nitrogens is 3. The van der Waals surface area contributed by atoms with Crippen molar-refractivity contribution in [3.8, 4) is 11.3 Å². The monoisotopic (exact) mass is 379 g/mol. The molecule has 7 heteroatoms. The summed E-state index contributed by atoms with van der Waals surface area (Å²) in [5.41, 5.74) is 8.96. The van der Waals surface area contributed by atoms with Crippen molar-refractivity contribution in [2.75, 3.05) is 0 Å². The Labute approximate surface area is 162 Å². The van der Waals surface area contributed by atoms with E-state index in [2.05, 4.69) is 20.6 Å². The molecule has 0 atom stereocenters. The fraction of sp³-hybridized carbons (Fsp3) is 0.150. The van der Waals surface area contributed by atoms with Crippen LogP contribution < -0.4 is 5.43 Å². The number of hydrogen-bond donors (Lipinski definition) is 1. The molecule has 6 nitrogen and oxygen atoms in total. The van der Waals surface area contributed by atoms with Crippen molar-refractivity contribution in [1.29, 1.82) is 0 Å². The maximum atomic E-state index is 6.02. The number of pyridine rings is 2. The van der Waals surface area contributed by atoms with Gasteiger partial charge in [-0.15, -0.1) is 0 Å². The highest BCUT2D eigenvalue weighted by molar-refractivity contribution is 6.30. The quantitative estimate of drug-likeness (QED) is 0.729. The first-order chi connectivity index (χ1) is 13.1. The Hall–Kier alpha value is -3.12. The first kappa shape index (κ1) is 17.3. The topological polar surface area (TPSA) is 67.1 Å². The standard InChI is InChI=1S/C20H18ClN5O/c1-13-3-4-16(9-23-13)20-19(14(2)27-25-20)12-26-6-5-15(10-24-26)17-7-18(21)11-22-8-17/h3-11,24H,12H2,1-2H3. The van der Waals surface area contributed by atoms with E-state index >= 15 is 0 Å². The molecule has 0 unspecified atom stereocenters. The zero-order valence-electron chi connectivity index (χ0n) is 15.0. The molecule has 27 heavy (non-hydrogen) atoms. The van der Waals surface area contributed by atoms with E-state index < -0.39 is 0 Å². The van der Waals surface area contributed by atoms with E-state index in [0.29, 0.717) is 11.6 Å². The first-order valence-corrected chi connectivity index (χ1v) is 8.88. The summed E-state index contributed by atoms with van der Waals surface area (Å²) in [7, 11) is 0. The number of aryl methyl sites for hydroxylation is 2. The van der Waals surface area contributed by atoms with Crippen LogP contribution in [0.15, 0.2) is 59.8 Å². The molecule has 0 aromatic carbocycles. The Kier molecular flexibility index (Phi) is 4.64. The van der Waals surface area contributed by atoms with Crippen LogP contribution in [-0.2, 0) is 6.54 Å². The fourth-order valence-electron chi connectivity index (χ4n) is 2.84. The predicted molar refractivity (Wildman–Crippen MR) is 104 cm³/mol. The molecule has 0 amide bonds. The van der Waals surface area contributed by atoms with Crippen molar-refractivity contribution in [3.05, 3.63) is 82.9 Å². The number of nitrogens with one attached hydrogen (secondary N) is 1. The predicted octanol–water partition coefficient (Wildman–Crippen LogP) is 4.28. The number of rotatable bonds is 4. The lowest BCUT2D eigenvalue weighted by molar-refractivity contribution is 0.302. The van der Waals surface area contributed by atoms with E-state index in [1.807, 2.05) is 61.7 Å². The molecule has 0 spiro atoms. The molecule has 0 radical (unpaired) electrons. The van der Waals surface area contributed by atoms with Crippen molar-refractivity contribution in [2.24, 2.45) is 0 Å². The molecule has 3 aromatic heterocycles. The second-order valence-corrected chi connectivity index (χ2v) is 6.75. The smallest absolute Gasteiger partial charge is 0.139 e. The molecule has 1 N–H and O–H groups in total. The average Bonchev–Trinajstić information content (AvgIpc) is 3.03. The SMILES string of the molecule is Cc1ccc(-c2noc(C)c2CN2C=CC(c3cncc(Cl)c3)=CN2)cn1. The minimum absolute atomic E-state index is 0.604. The van der Waals surface area contributed by atoms with Crippen LogP contribution in [0.2, 0.25) is 5.02 Å². The lowest BCUT2D eigenvalue weighted by atomic mass is 10.1. The van der Waals surface area contributed by atoms with Gasteiger partial charge in [-0.25, -0.2) is 0 Å². The largest absolute Gasteiger partial charge is 0.361 e. The van der Waals surface area contributed by atoms with Gasteiger partial charge in [-0.3, -0.25) is 15.0 Å². The number of allylic oxidation sites excluding steroid dienone is 2. The molecule has 0 fully saturated rings. The Morgan fingerprint density at radius 1 is 1.15 bits per heavy atom. The fourth-order valence-corrected chi connectivity index (χ4v) is 3.02. The molecule has 4 rings (SSSR count). The number of halogens is 1. The molecule has 0 aliphatic carbocycles. The molecule has 3 aromatic rings. The number of nitrogens with zero attached hydrogens (tertiary/aromatic N) is 4. The van der Waals surface area contributed by atoms with Gasteiger partial charge in [0, 0.05) is 58.9 Å². The van der Waals surface area contributed by atoms with Crippen LogP contribution in [0.1, 0.15) is 22.6 Å². The lowest BCUT2D eigenvalue weighted by Crippen LogP contribution is -2.30. The van der Waals surface area contributed by atoms with Crippen LogP contribution in [0.5, 0.6) is 0 Å². The van der Waals surface area contributed by atoms with Crippen LogP contribution in [0.3, 0.4) is 0 Å². The zero-order chi connectivity index (χ0) is 18.8. The summed E-state index contributed by atoms with van der Waals surface area (Å²) in [6.07, 6.45) is 11.1. The van der Waals surface area contributed by atoms with Crippen molar-refractivity contribution in [2.45, 2.75) is 20.4 Å². The first-order valence-electron chi connectivity index (χ1n) is 8.50. The van der Waals surface area contributed by atoms with Gasteiger partial charge >= 0.3 is 0 Å². The lowest BCUT2D eigenvalue weighted by Gasteiger charge is -2.24. The molecule has 4 heterocycles. The normalized spacial score (nSPS) is 13.4. The molecule has 1 aliphatic rings. The van der Waals surface area contributed by atoms with Gasteiger partial charge in [0.2, 0.25) is 0 Å². The van der Waals surface area contributed by atoms with Gasteiger partial charge < -0.3 is 9.95 Å².